The van der Waals surface area contributed by atoms with E-state index in [0.717, 1.165) is 4.31 Å². The van der Waals surface area contributed by atoms with Gasteiger partial charge < -0.3 is 5.11 Å². The van der Waals surface area contributed by atoms with Crippen LogP contribution in [0.2, 0.25) is 0 Å². The molecule has 1 aliphatic rings. The van der Waals surface area contributed by atoms with E-state index in [-0.39, 0.29) is 18.2 Å². The van der Waals surface area contributed by atoms with Crippen LogP contribution in [0.15, 0.2) is 24.3 Å². The van der Waals surface area contributed by atoms with Crippen LogP contribution >= 0.6 is 0 Å². The lowest BCUT2D eigenvalue weighted by Gasteiger charge is -2.22. The predicted molar refractivity (Wildman–Crippen MR) is 75.7 cm³/mol. The summed E-state index contributed by atoms with van der Waals surface area (Å²) >= 11 is 0. The van der Waals surface area contributed by atoms with E-state index >= 15 is 0 Å². The molecule has 1 saturated heterocycles. The number of nitrogens with zero attached hydrogens (tertiary/aromatic N) is 2. The molecule has 7 heteroatoms. The maximum absolute atomic E-state index is 12.4. The number of rotatable bonds is 4. The van der Waals surface area contributed by atoms with Crippen molar-refractivity contribution in [3.05, 3.63) is 35.4 Å². The Kier molecular flexibility index (Phi) is 4.30. The summed E-state index contributed by atoms with van der Waals surface area (Å²) in [6, 6.07) is 7.22. The van der Waals surface area contributed by atoms with Crippen molar-refractivity contribution in [3.8, 4) is 6.07 Å². The molecule has 6 nitrogen and oxygen atoms in total. The van der Waals surface area contributed by atoms with E-state index in [1.165, 1.54) is 0 Å². The van der Waals surface area contributed by atoms with Crippen molar-refractivity contribution >= 4 is 16.0 Å². The summed E-state index contributed by atoms with van der Waals surface area (Å²) in [5, 5.41) is 17.9. The average Bonchev–Trinajstić information content (AvgIpc) is 2.82. The molecule has 0 radical (unpaired) electrons. The van der Waals surface area contributed by atoms with Gasteiger partial charge in [-0.25, -0.2) is 8.42 Å². The van der Waals surface area contributed by atoms with Gasteiger partial charge in [0.2, 0.25) is 10.0 Å². The molecule has 1 N–H and O–H groups in total. The molecule has 112 valence electrons. The highest BCUT2D eigenvalue weighted by atomic mass is 32.2. The number of sulfonamides is 1. The van der Waals surface area contributed by atoms with Gasteiger partial charge in [0, 0.05) is 6.54 Å². The highest BCUT2D eigenvalue weighted by Crippen LogP contribution is 2.28. The predicted octanol–water partition coefficient (Wildman–Crippen LogP) is 1.18. The molecule has 2 unspecified atom stereocenters. The molecule has 2 rings (SSSR count). The molecule has 1 aromatic carbocycles. The van der Waals surface area contributed by atoms with Gasteiger partial charge in [-0.3, -0.25) is 4.79 Å². The minimum absolute atomic E-state index is 0.196. The second-order valence-electron chi connectivity index (χ2n) is 5.22. The summed E-state index contributed by atoms with van der Waals surface area (Å²) in [6.45, 7) is 1.98. The molecule has 0 aromatic heterocycles. The van der Waals surface area contributed by atoms with Crippen molar-refractivity contribution in [1.29, 1.82) is 5.26 Å². The van der Waals surface area contributed by atoms with Gasteiger partial charge in [-0.05, 0) is 30.0 Å². The van der Waals surface area contributed by atoms with Gasteiger partial charge >= 0.3 is 5.97 Å². The molecule has 1 heterocycles. The zero-order valence-electron chi connectivity index (χ0n) is 11.6. The summed E-state index contributed by atoms with van der Waals surface area (Å²) in [5.74, 6) is -1.56. The smallest absolute Gasteiger partial charge is 0.322 e. The van der Waals surface area contributed by atoms with Crippen molar-refractivity contribution in [1.82, 2.24) is 4.31 Å². The van der Waals surface area contributed by atoms with E-state index in [2.05, 4.69) is 0 Å². The zero-order valence-corrected chi connectivity index (χ0v) is 12.4. The van der Waals surface area contributed by atoms with Crippen LogP contribution in [0.1, 0.15) is 24.5 Å². The lowest BCUT2D eigenvalue weighted by Crippen LogP contribution is -2.43. The summed E-state index contributed by atoms with van der Waals surface area (Å²) < 4.78 is 25.9. The number of carbonyl (C=O) groups is 1. The van der Waals surface area contributed by atoms with Crippen LogP contribution < -0.4 is 0 Å². The average molecular weight is 308 g/mol. The molecule has 0 bridgehead atoms. The number of carboxylic acid groups (broad SMARTS) is 1. The van der Waals surface area contributed by atoms with Crippen molar-refractivity contribution in [2.45, 2.75) is 25.1 Å². The van der Waals surface area contributed by atoms with E-state index < -0.39 is 22.0 Å². The van der Waals surface area contributed by atoms with Gasteiger partial charge in [0.25, 0.3) is 0 Å². The summed E-state index contributed by atoms with van der Waals surface area (Å²) in [5.41, 5.74) is 0.993. The Labute approximate surface area is 123 Å². The molecule has 21 heavy (non-hydrogen) atoms. The molecule has 1 aromatic rings. The Morgan fingerprint density at radius 2 is 2.05 bits per heavy atom. The van der Waals surface area contributed by atoms with E-state index in [4.69, 9.17) is 5.26 Å². The van der Waals surface area contributed by atoms with Gasteiger partial charge in [0.15, 0.2) is 0 Å². The maximum atomic E-state index is 12.4. The lowest BCUT2D eigenvalue weighted by molar-refractivity contribution is -0.141. The Morgan fingerprint density at radius 3 is 2.57 bits per heavy atom. The Balaban J connectivity index is 2.21. The van der Waals surface area contributed by atoms with Gasteiger partial charge in [0.05, 0.1) is 17.4 Å². The number of aliphatic carboxylic acids is 1. The molecular weight excluding hydrogens is 292 g/mol. The quantitative estimate of drug-likeness (QED) is 0.900. The SMILES string of the molecule is CC1CCN(S(=O)(=O)Cc2ccc(C#N)cc2)C1C(=O)O. The highest BCUT2D eigenvalue weighted by Gasteiger charge is 2.43. The maximum Gasteiger partial charge on any atom is 0.322 e. The third-order valence-corrected chi connectivity index (χ3v) is 5.52. The first kappa shape index (κ1) is 15.5. The van der Waals surface area contributed by atoms with Gasteiger partial charge in [-0.2, -0.15) is 9.57 Å². The fourth-order valence-corrected chi connectivity index (χ4v) is 4.37. The van der Waals surface area contributed by atoms with Crippen LogP contribution in [0, 0.1) is 17.2 Å². The van der Waals surface area contributed by atoms with Gasteiger partial charge in [-0.1, -0.05) is 19.1 Å². The van der Waals surface area contributed by atoms with Crippen molar-refractivity contribution in [2.24, 2.45) is 5.92 Å². The highest BCUT2D eigenvalue weighted by molar-refractivity contribution is 7.88. The largest absolute Gasteiger partial charge is 0.480 e. The first-order valence-corrected chi connectivity index (χ1v) is 8.17. The second-order valence-corrected chi connectivity index (χ2v) is 7.15. The van der Waals surface area contributed by atoms with Crippen LogP contribution in [0.5, 0.6) is 0 Å². The standard InChI is InChI=1S/C14H16N2O4S/c1-10-6-7-16(13(10)14(17)18)21(19,20)9-12-4-2-11(8-15)3-5-12/h2-5,10,13H,6-7,9H2,1H3,(H,17,18). The molecular formula is C14H16N2O4S. The fourth-order valence-electron chi connectivity index (χ4n) is 2.56. The van der Waals surface area contributed by atoms with E-state index in [0.29, 0.717) is 17.5 Å². The van der Waals surface area contributed by atoms with Crippen molar-refractivity contribution < 1.29 is 18.3 Å². The Hall–Kier alpha value is -1.91. The minimum Gasteiger partial charge on any atom is -0.480 e. The normalized spacial score (nSPS) is 22.9. The molecule has 0 spiro atoms. The van der Waals surface area contributed by atoms with Crippen molar-refractivity contribution in [2.75, 3.05) is 6.54 Å². The minimum atomic E-state index is -3.69. The number of hydrogen-bond acceptors (Lipinski definition) is 4. The lowest BCUT2D eigenvalue weighted by atomic mass is 10.0. The van der Waals surface area contributed by atoms with Crippen LogP contribution in [-0.2, 0) is 20.6 Å². The van der Waals surface area contributed by atoms with E-state index in [1.807, 2.05) is 6.07 Å². The summed E-state index contributed by atoms with van der Waals surface area (Å²) in [6.07, 6.45) is 0.545. The number of carboxylic acids is 1. The first-order chi connectivity index (χ1) is 9.85. The molecule has 1 aliphatic heterocycles. The molecule has 1 fully saturated rings. The zero-order chi connectivity index (χ0) is 15.6. The fraction of sp³-hybridized carbons (Fsp3) is 0.429. The van der Waals surface area contributed by atoms with Crippen LogP contribution in [0.3, 0.4) is 0 Å². The molecule has 0 aliphatic carbocycles. The third-order valence-electron chi connectivity index (χ3n) is 3.70. The Bertz CT molecular complexity index is 676. The molecule has 0 saturated carbocycles. The van der Waals surface area contributed by atoms with Crippen molar-refractivity contribution in [3.63, 3.8) is 0 Å². The first-order valence-electron chi connectivity index (χ1n) is 6.56. The number of nitriles is 1. The van der Waals surface area contributed by atoms with E-state index in [1.54, 1.807) is 31.2 Å². The van der Waals surface area contributed by atoms with Gasteiger partial charge in [0.1, 0.15) is 6.04 Å². The molecule has 2 atom stereocenters. The van der Waals surface area contributed by atoms with Crippen LogP contribution in [0.4, 0.5) is 0 Å². The molecule has 0 amide bonds. The Morgan fingerprint density at radius 1 is 1.43 bits per heavy atom. The topological polar surface area (TPSA) is 98.5 Å². The van der Waals surface area contributed by atoms with E-state index in [9.17, 15) is 18.3 Å². The second kappa shape index (κ2) is 5.84. The summed E-state index contributed by atoms with van der Waals surface area (Å²) in [7, 11) is -3.69. The van der Waals surface area contributed by atoms with Crippen LogP contribution in [0.25, 0.3) is 0 Å². The van der Waals surface area contributed by atoms with Crippen LogP contribution in [-0.4, -0.2) is 36.4 Å². The number of hydrogen-bond donors (Lipinski definition) is 1. The van der Waals surface area contributed by atoms with Gasteiger partial charge in [-0.15, -0.1) is 0 Å². The number of benzene rings is 1. The third kappa shape index (κ3) is 3.23. The summed E-state index contributed by atoms with van der Waals surface area (Å²) in [4.78, 5) is 11.3. The monoisotopic (exact) mass is 308 g/mol.